The Morgan fingerprint density at radius 1 is 1.50 bits per heavy atom. The molecule has 0 aliphatic heterocycles. The second-order valence-electron chi connectivity index (χ2n) is 3.84. The molecule has 0 fully saturated rings. The van der Waals surface area contributed by atoms with Crippen molar-refractivity contribution in [3.63, 3.8) is 0 Å². The average molecular weight is 225 g/mol. The molecule has 0 spiro atoms. The topological polar surface area (TPSA) is 40.5 Å². The van der Waals surface area contributed by atoms with Crippen molar-refractivity contribution in [2.45, 2.75) is 19.4 Å². The Morgan fingerprint density at radius 2 is 2.12 bits per heavy atom. The Morgan fingerprint density at radius 3 is 2.69 bits per heavy atom. The highest BCUT2D eigenvalue weighted by atomic mass is 19.1. The summed E-state index contributed by atoms with van der Waals surface area (Å²) in [7, 11) is 1.59. The minimum atomic E-state index is -0.517. The Balaban J connectivity index is 2.67. The molecule has 0 aliphatic rings. The number of benzene rings is 1. The summed E-state index contributed by atoms with van der Waals surface area (Å²) in [6, 6.07) is 5.88. The van der Waals surface area contributed by atoms with E-state index >= 15 is 0 Å². The van der Waals surface area contributed by atoms with E-state index in [1.165, 1.54) is 17.0 Å². The minimum absolute atomic E-state index is 0.0654. The molecule has 0 saturated heterocycles. The average Bonchev–Trinajstić information content (AvgIpc) is 2.25. The van der Waals surface area contributed by atoms with E-state index in [9.17, 15) is 9.18 Å². The molecule has 0 saturated carbocycles. The van der Waals surface area contributed by atoms with Gasteiger partial charge in [0, 0.05) is 13.6 Å². The summed E-state index contributed by atoms with van der Waals surface area (Å²) in [5.41, 5.74) is 0.0654. The van der Waals surface area contributed by atoms with Gasteiger partial charge in [-0.2, -0.15) is 0 Å². The second-order valence-corrected chi connectivity index (χ2v) is 3.84. The van der Waals surface area contributed by atoms with E-state index in [-0.39, 0.29) is 11.5 Å². The monoisotopic (exact) mass is 225 g/mol. The molecule has 1 amide bonds. The zero-order chi connectivity index (χ0) is 12.1. The van der Waals surface area contributed by atoms with Crippen LogP contribution >= 0.6 is 0 Å². The molecular formula is C12H16FNO2. The lowest BCUT2D eigenvalue weighted by molar-refractivity contribution is 0.0764. The van der Waals surface area contributed by atoms with Gasteiger partial charge in [-0.3, -0.25) is 4.79 Å². The lowest BCUT2D eigenvalue weighted by Crippen LogP contribution is -2.30. The maximum absolute atomic E-state index is 13.3. The highest BCUT2D eigenvalue weighted by molar-refractivity contribution is 5.94. The molecule has 88 valence electrons. The summed E-state index contributed by atoms with van der Waals surface area (Å²) < 4.78 is 13.3. The predicted molar refractivity (Wildman–Crippen MR) is 59.7 cm³/mol. The van der Waals surface area contributed by atoms with E-state index < -0.39 is 11.9 Å². The number of halogens is 1. The predicted octanol–water partition coefficient (Wildman–Crippen LogP) is 1.67. The molecule has 1 N–H and O–H groups in total. The first-order valence-corrected chi connectivity index (χ1v) is 5.20. The number of rotatable bonds is 4. The third-order valence-electron chi connectivity index (χ3n) is 2.33. The molecule has 1 unspecified atom stereocenters. The lowest BCUT2D eigenvalue weighted by Gasteiger charge is -2.18. The third-order valence-corrected chi connectivity index (χ3v) is 2.33. The van der Waals surface area contributed by atoms with Crippen molar-refractivity contribution in [1.29, 1.82) is 0 Å². The largest absolute Gasteiger partial charge is 0.393 e. The number of nitrogens with zero attached hydrogens (tertiary/aromatic N) is 1. The Labute approximate surface area is 94.5 Å². The van der Waals surface area contributed by atoms with E-state index in [0.717, 1.165) is 0 Å². The molecule has 0 radical (unpaired) electrons. The SMILES string of the molecule is CC(O)CCN(C)C(=O)c1ccccc1F. The molecule has 0 heterocycles. The first-order valence-electron chi connectivity index (χ1n) is 5.20. The highest BCUT2D eigenvalue weighted by Crippen LogP contribution is 2.09. The molecule has 0 aromatic heterocycles. The first kappa shape index (κ1) is 12.6. The third kappa shape index (κ3) is 3.31. The molecule has 1 rings (SSSR count). The fourth-order valence-corrected chi connectivity index (χ4v) is 1.32. The van der Waals surface area contributed by atoms with Crippen LogP contribution < -0.4 is 0 Å². The van der Waals surface area contributed by atoms with Crippen molar-refractivity contribution in [3.05, 3.63) is 35.6 Å². The Bertz CT molecular complexity index is 366. The van der Waals surface area contributed by atoms with E-state index in [4.69, 9.17) is 5.11 Å². The molecule has 16 heavy (non-hydrogen) atoms. The van der Waals surface area contributed by atoms with Gasteiger partial charge in [0.2, 0.25) is 0 Å². The fraction of sp³-hybridized carbons (Fsp3) is 0.417. The van der Waals surface area contributed by atoms with Gasteiger partial charge in [-0.1, -0.05) is 12.1 Å². The van der Waals surface area contributed by atoms with Crippen LogP contribution in [-0.4, -0.2) is 35.6 Å². The number of aliphatic hydroxyl groups is 1. The number of aliphatic hydroxyl groups excluding tert-OH is 1. The van der Waals surface area contributed by atoms with Gasteiger partial charge < -0.3 is 10.0 Å². The molecule has 4 heteroatoms. The van der Waals surface area contributed by atoms with Crippen molar-refractivity contribution >= 4 is 5.91 Å². The Kier molecular flexibility index (Phi) is 4.43. The zero-order valence-corrected chi connectivity index (χ0v) is 9.48. The number of hydrogen-bond donors (Lipinski definition) is 1. The van der Waals surface area contributed by atoms with Gasteiger partial charge in [0.25, 0.3) is 5.91 Å². The second kappa shape index (κ2) is 5.61. The van der Waals surface area contributed by atoms with Crippen LogP contribution in [0.3, 0.4) is 0 Å². The standard InChI is InChI=1S/C12H16FNO2/c1-9(15)7-8-14(2)12(16)10-5-3-4-6-11(10)13/h3-6,9,15H,7-8H2,1-2H3. The molecule has 1 atom stereocenters. The molecule has 1 aromatic carbocycles. The van der Waals surface area contributed by atoms with E-state index in [1.807, 2.05) is 0 Å². The Hall–Kier alpha value is -1.42. The van der Waals surface area contributed by atoms with Crippen LogP contribution in [-0.2, 0) is 0 Å². The summed E-state index contributed by atoms with van der Waals surface area (Å²) in [5.74, 6) is -0.879. The van der Waals surface area contributed by atoms with Gasteiger partial charge in [0.15, 0.2) is 0 Å². The van der Waals surface area contributed by atoms with Crippen molar-refractivity contribution < 1.29 is 14.3 Å². The van der Waals surface area contributed by atoms with Crippen molar-refractivity contribution in [2.24, 2.45) is 0 Å². The number of carbonyl (C=O) groups is 1. The van der Waals surface area contributed by atoms with Crippen LogP contribution in [0.25, 0.3) is 0 Å². The van der Waals surface area contributed by atoms with E-state index in [1.54, 1.807) is 26.1 Å². The summed E-state index contributed by atoms with van der Waals surface area (Å²) in [6.07, 6.45) is 0.0207. The van der Waals surface area contributed by atoms with Gasteiger partial charge in [-0.25, -0.2) is 4.39 Å². The van der Waals surface area contributed by atoms with Gasteiger partial charge in [-0.15, -0.1) is 0 Å². The van der Waals surface area contributed by atoms with Crippen LogP contribution in [0, 0.1) is 5.82 Å². The van der Waals surface area contributed by atoms with Crippen molar-refractivity contribution in [3.8, 4) is 0 Å². The summed E-state index contributed by atoms with van der Waals surface area (Å²) in [5, 5.41) is 9.10. The molecule has 0 bridgehead atoms. The van der Waals surface area contributed by atoms with Gasteiger partial charge in [0.1, 0.15) is 5.82 Å². The summed E-state index contributed by atoms with van der Waals surface area (Å²) in [4.78, 5) is 13.2. The van der Waals surface area contributed by atoms with E-state index in [0.29, 0.717) is 13.0 Å². The van der Waals surface area contributed by atoms with Gasteiger partial charge >= 0.3 is 0 Å². The number of amides is 1. The van der Waals surface area contributed by atoms with Gasteiger partial charge in [0.05, 0.1) is 11.7 Å². The first-order chi connectivity index (χ1) is 7.52. The van der Waals surface area contributed by atoms with Crippen LogP contribution in [0.2, 0.25) is 0 Å². The zero-order valence-electron chi connectivity index (χ0n) is 9.48. The number of hydrogen-bond acceptors (Lipinski definition) is 2. The minimum Gasteiger partial charge on any atom is -0.393 e. The molecule has 0 aliphatic carbocycles. The van der Waals surface area contributed by atoms with Gasteiger partial charge in [-0.05, 0) is 25.5 Å². The molecule has 1 aromatic rings. The fourth-order valence-electron chi connectivity index (χ4n) is 1.32. The van der Waals surface area contributed by atoms with E-state index in [2.05, 4.69) is 0 Å². The van der Waals surface area contributed by atoms with Crippen molar-refractivity contribution in [1.82, 2.24) is 4.90 Å². The highest BCUT2D eigenvalue weighted by Gasteiger charge is 2.15. The quantitative estimate of drug-likeness (QED) is 0.846. The van der Waals surface area contributed by atoms with Crippen LogP contribution in [0.5, 0.6) is 0 Å². The van der Waals surface area contributed by atoms with Crippen LogP contribution in [0.1, 0.15) is 23.7 Å². The lowest BCUT2D eigenvalue weighted by atomic mass is 10.2. The molecular weight excluding hydrogens is 209 g/mol. The maximum atomic E-state index is 13.3. The number of carbonyl (C=O) groups excluding carboxylic acids is 1. The smallest absolute Gasteiger partial charge is 0.256 e. The summed E-state index contributed by atoms with van der Waals surface area (Å²) >= 11 is 0. The maximum Gasteiger partial charge on any atom is 0.256 e. The van der Waals surface area contributed by atoms with Crippen LogP contribution in [0.15, 0.2) is 24.3 Å². The summed E-state index contributed by atoms with van der Waals surface area (Å²) in [6.45, 7) is 2.06. The van der Waals surface area contributed by atoms with Crippen LogP contribution in [0.4, 0.5) is 4.39 Å². The molecule has 3 nitrogen and oxygen atoms in total. The van der Waals surface area contributed by atoms with Crippen molar-refractivity contribution in [2.75, 3.05) is 13.6 Å². The normalized spacial score (nSPS) is 12.2.